The molecular weight excluding hydrogens is 610 g/mol. The number of nitrogens with zero attached hydrogens (tertiary/aromatic N) is 4. The minimum atomic E-state index is -0.182. The first kappa shape index (κ1) is 29.6. The summed E-state index contributed by atoms with van der Waals surface area (Å²) in [5.41, 5.74) is 3.45. The Balaban J connectivity index is 0.000000155. The third-order valence-corrected chi connectivity index (χ3v) is 7.83. The largest absolute Gasteiger partial charge is 2.00 e. The maximum Gasteiger partial charge on any atom is 2.00 e. The molecule has 4 heterocycles. The van der Waals surface area contributed by atoms with Gasteiger partial charge in [-0.05, 0) is 58.0 Å². The molecule has 0 unspecified atom stereocenters. The molecule has 45 heavy (non-hydrogen) atoms. The second kappa shape index (κ2) is 12.2. The zero-order chi connectivity index (χ0) is 30.2. The van der Waals surface area contributed by atoms with E-state index in [0.29, 0.717) is 22.2 Å². The van der Waals surface area contributed by atoms with Gasteiger partial charge in [0.05, 0.1) is 0 Å². The van der Waals surface area contributed by atoms with Crippen molar-refractivity contribution in [2.45, 2.75) is 0 Å². The first-order chi connectivity index (χ1) is 21.5. The van der Waals surface area contributed by atoms with Gasteiger partial charge < -0.3 is 20.2 Å². The van der Waals surface area contributed by atoms with Crippen molar-refractivity contribution in [2.24, 2.45) is 0 Å². The Morgan fingerprint density at radius 1 is 0.467 bits per heavy atom. The summed E-state index contributed by atoms with van der Waals surface area (Å²) in [6.07, 6.45) is 3.81. The monoisotopic (exact) mass is 634 g/mol. The molecule has 0 fully saturated rings. The fourth-order valence-electron chi connectivity index (χ4n) is 5.55. The molecular formula is C38H26N4O2Zn. The minimum absolute atomic E-state index is 0. The van der Waals surface area contributed by atoms with Crippen LogP contribution in [0.3, 0.4) is 0 Å². The van der Waals surface area contributed by atoms with E-state index in [1.165, 1.54) is 0 Å². The van der Waals surface area contributed by atoms with Crippen LogP contribution in [0.1, 0.15) is 11.4 Å². The molecule has 0 radical (unpaired) electrons. The van der Waals surface area contributed by atoms with Crippen LogP contribution < -0.4 is 39.4 Å². The molecule has 4 aromatic carbocycles. The van der Waals surface area contributed by atoms with Gasteiger partial charge in [-0.25, -0.2) is 11.8 Å². The van der Waals surface area contributed by atoms with E-state index >= 15 is 0 Å². The van der Waals surface area contributed by atoms with Crippen LogP contribution in [0.2, 0.25) is 0 Å². The van der Waals surface area contributed by atoms with E-state index in [2.05, 4.69) is 23.4 Å². The molecule has 212 valence electrons. The first-order valence-electron chi connectivity index (χ1n) is 14.1. The number of benzene rings is 4. The molecule has 0 saturated carbocycles. The molecule has 0 aliphatic rings. The fourth-order valence-corrected chi connectivity index (χ4v) is 5.55. The number of para-hydroxylation sites is 2. The van der Waals surface area contributed by atoms with Gasteiger partial charge in [0.2, 0.25) is 21.7 Å². The molecule has 0 bridgehead atoms. The van der Waals surface area contributed by atoms with Crippen LogP contribution in [0.25, 0.3) is 55.5 Å². The maximum absolute atomic E-state index is 11.9. The molecule has 7 heteroatoms. The van der Waals surface area contributed by atoms with Gasteiger partial charge in [-0.3, -0.25) is 0 Å². The maximum atomic E-state index is 11.9. The smallest absolute Gasteiger partial charge is 0.889 e. The average molecular weight is 636 g/mol. The van der Waals surface area contributed by atoms with Crippen molar-refractivity contribution < 1.29 is 38.2 Å². The predicted molar refractivity (Wildman–Crippen MR) is 170 cm³/mol. The van der Waals surface area contributed by atoms with E-state index in [4.69, 9.17) is 0 Å². The Bertz CT molecular complexity index is 2410. The van der Waals surface area contributed by atoms with E-state index in [1.807, 2.05) is 130 Å². The summed E-state index contributed by atoms with van der Waals surface area (Å²) in [4.78, 5) is 8.31. The van der Waals surface area contributed by atoms with Crippen molar-refractivity contribution in [3.8, 4) is 11.8 Å². The standard InChI is InChI=1S/2C19H14N2O.Zn/c2*1-21-14(11-10-13-6-2-5-9-18(13)21)12-17-15-7-3-4-8-16(15)19(22)20-17;/h2*2-12,22H,1H2;/q;;+2/p-2/b2*14-12-;. The fraction of sp³-hybridized carbons (Fsp3) is 0. The van der Waals surface area contributed by atoms with Crippen LogP contribution in [-0.4, -0.2) is 0 Å². The van der Waals surface area contributed by atoms with E-state index in [1.54, 1.807) is 12.1 Å². The van der Waals surface area contributed by atoms with Crippen LogP contribution in [0.4, 0.5) is 0 Å². The Kier molecular flexibility index (Phi) is 8.03. The summed E-state index contributed by atoms with van der Waals surface area (Å²) in [7, 11) is 0. The van der Waals surface area contributed by atoms with Gasteiger partial charge in [-0.15, -0.1) is 11.4 Å². The van der Waals surface area contributed by atoms with Crippen LogP contribution in [0.15, 0.2) is 121 Å². The van der Waals surface area contributed by atoms with Crippen LogP contribution in [0, 0.1) is 13.4 Å². The van der Waals surface area contributed by atoms with E-state index in [9.17, 15) is 10.2 Å². The van der Waals surface area contributed by atoms with Crippen LogP contribution >= 0.6 is 0 Å². The summed E-state index contributed by atoms with van der Waals surface area (Å²) in [5.74, 6) is -0.364. The molecule has 0 amide bonds. The third-order valence-electron chi connectivity index (χ3n) is 7.83. The Labute approximate surface area is 271 Å². The second-order valence-electron chi connectivity index (χ2n) is 10.5. The molecule has 0 atom stereocenters. The van der Waals surface area contributed by atoms with Crippen LogP contribution in [0.5, 0.6) is 11.8 Å². The van der Waals surface area contributed by atoms with Gasteiger partial charge in [-0.2, -0.15) is 8.49 Å². The summed E-state index contributed by atoms with van der Waals surface area (Å²) >= 11 is 0. The number of aromatic nitrogens is 4. The van der Waals surface area contributed by atoms with E-state index in [-0.39, 0.29) is 31.2 Å². The molecule has 0 saturated heterocycles. The number of hydrogen-bond acceptors (Lipinski definition) is 2. The van der Waals surface area contributed by atoms with Gasteiger partial charge in [0.25, 0.3) is 0 Å². The van der Waals surface area contributed by atoms with E-state index < -0.39 is 0 Å². The summed E-state index contributed by atoms with van der Waals surface area (Å²) < 4.78 is 3.73. The van der Waals surface area contributed by atoms with Crippen molar-refractivity contribution in [1.29, 1.82) is 0 Å². The van der Waals surface area contributed by atoms with Gasteiger partial charge in [0.15, 0.2) is 0 Å². The molecule has 0 N–H and O–H groups in total. The van der Waals surface area contributed by atoms with Crippen LogP contribution in [-0.2, 0) is 19.5 Å². The summed E-state index contributed by atoms with van der Waals surface area (Å²) in [5, 5.41) is 31.0. The number of rotatable bonds is 2. The molecule has 0 aliphatic heterocycles. The quantitative estimate of drug-likeness (QED) is 0.215. The first-order valence-corrected chi connectivity index (χ1v) is 14.1. The van der Waals surface area contributed by atoms with Crippen molar-refractivity contribution in [2.75, 3.05) is 0 Å². The molecule has 8 rings (SSSR count). The Morgan fingerprint density at radius 2 is 0.822 bits per heavy atom. The summed E-state index contributed by atoms with van der Waals surface area (Å²) in [6, 6.07) is 39.2. The SMILES string of the molecule is C=[n+]1/c(=C\c2[n-]c([O-])c3ccccc23)ccc2ccccc21.C=[n+]1/c(=C\c2[n-]c([O-])c3ccccc23)ccc2ccccc21.[Zn+2]. The zero-order valence-electron chi connectivity index (χ0n) is 24.4. The Morgan fingerprint density at radius 3 is 1.24 bits per heavy atom. The van der Waals surface area contributed by atoms with Crippen molar-refractivity contribution in [3.63, 3.8) is 0 Å². The third kappa shape index (κ3) is 5.50. The molecule has 8 aromatic rings. The average Bonchev–Trinajstić information content (AvgIpc) is 3.55. The zero-order valence-corrected chi connectivity index (χ0v) is 27.4. The number of fused-ring (bicyclic) bond motifs is 4. The van der Waals surface area contributed by atoms with Gasteiger partial charge in [0, 0.05) is 35.0 Å². The van der Waals surface area contributed by atoms with Crippen molar-refractivity contribution in [1.82, 2.24) is 9.97 Å². The minimum Gasteiger partial charge on any atom is -0.889 e. The number of pyridine rings is 2. The molecule has 4 aromatic heterocycles. The molecule has 0 aliphatic carbocycles. The van der Waals surface area contributed by atoms with Gasteiger partial charge >= 0.3 is 19.5 Å². The van der Waals surface area contributed by atoms with Crippen molar-refractivity contribution in [3.05, 3.63) is 157 Å². The van der Waals surface area contributed by atoms with Crippen molar-refractivity contribution >= 4 is 55.5 Å². The normalized spacial score (nSPS) is 12.0. The topological polar surface area (TPSA) is 86.1 Å². The predicted octanol–water partition coefficient (Wildman–Crippen LogP) is 3.56. The van der Waals surface area contributed by atoms with E-state index in [0.717, 1.165) is 43.3 Å². The van der Waals surface area contributed by atoms with Gasteiger partial charge in [-0.1, -0.05) is 72.8 Å². The molecule has 0 spiro atoms. The molecule has 6 nitrogen and oxygen atoms in total. The summed E-state index contributed by atoms with van der Waals surface area (Å²) in [6.45, 7) is 8.22. The second-order valence-corrected chi connectivity index (χ2v) is 10.5. The number of hydrogen-bond donors (Lipinski definition) is 0. The Hall–Kier alpha value is -5.52. The van der Waals surface area contributed by atoms with Gasteiger partial charge in [0.1, 0.15) is 13.4 Å².